The molecule has 3 aromatic rings. The van der Waals surface area contributed by atoms with Crippen LogP contribution >= 0.6 is 0 Å². The lowest BCUT2D eigenvalue weighted by molar-refractivity contribution is -0.164. The Hall–Kier alpha value is -3.51. The maximum Gasteiger partial charge on any atom is 0.249 e. The minimum Gasteiger partial charge on any atom is -0.463 e. The molecule has 1 aliphatic carbocycles. The van der Waals surface area contributed by atoms with Crippen LogP contribution in [0.3, 0.4) is 0 Å². The summed E-state index contributed by atoms with van der Waals surface area (Å²) in [5, 5.41) is 0.399. The van der Waals surface area contributed by atoms with Gasteiger partial charge in [-0.05, 0) is 29.3 Å². The van der Waals surface area contributed by atoms with E-state index in [1.165, 1.54) is 12.5 Å². The average molecular weight is 512 g/mol. The number of hydrogen-bond donors (Lipinski definition) is 0. The van der Waals surface area contributed by atoms with Crippen LogP contribution in [0.2, 0.25) is 0 Å². The molecule has 9 heteroatoms. The molecule has 0 bridgehead atoms. The van der Waals surface area contributed by atoms with Gasteiger partial charge in [-0.1, -0.05) is 36.1 Å². The third-order valence-electron chi connectivity index (χ3n) is 6.52. The van der Waals surface area contributed by atoms with Gasteiger partial charge in [0.1, 0.15) is 11.8 Å². The predicted molar refractivity (Wildman–Crippen MR) is 131 cm³/mol. The van der Waals surface area contributed by atoms with E-state index in [9.17, 15) is 26.8 Å². The summed E-state index contributed by atoms with van der Waals surface area (Å²) in [5.41, 5.74) is 2.48. The summed E-state index contributed by atoms with van der Waals surface area (Å²) in [6.07, 6.45) is 1.82. The van der Waals surface area contributed by atoms with E-state index in [1.807, 2.05) is 0 Å². The Balaban J connectivity index is 1.26. The Morgan fingerprint density at radius 1 is 1.14 bits per heavy atom. The van der Waals surface area contributed by atoms with Gasteiger partial charge < -0.3 is 9.32 Å². The van der Waals surface area contributed by atoms with Gasteiger partial charge in [0, 0.05) is 43.7 Å². The molecule has 2 aromatic carbocycles. The standard InChI is InChI=1S/C27H23F2NO5S/c1-36(33,34)16-18-4-7-20(8-5-18)23-15-35-24-10-17(6-9-22(24)25(23)31)2-3-19-13-30(14-19)26(32)21-11-27(28,29)12-21/h4-10,15,19,21H,11-14,16H2,1H3. The largest absolute Gasteiger partial charge is 0.463 e. The molecule has 0 unspecified atom stereocenters. The van der Waals surface area contributed by atoms with E-state index >= 15 is 0 Å². The fourth-order valence-corrected chi connectivity index (χ4v) is 5.32. The smallest absolute Gasteiger partial charge is 0.249 e. The van der Waals surface area contributed by atoms with Crippen molar-refractivity contribution in [3.63, 3.8) is 0 Å². The molecule has 36 heavy (non-hydrogen) atoms. The fraction of sp³-hybridized carbons (Fsp3) is 0.333. The van der Waals surface area contributed by atoms with Crippen molar-refractivity contribution >= 4 is 26.7 Å². The molecule has 1 amide bonds. The van der Waals surface area contributed by atoms with E-state index in [0.717, 1.165) is 0 Å². The quantitative estimate of drug-likeness (QED) is 0.497. The highest BCUT2D eigenvalue weighted by Gasteiger charge is 2.50. The van der Waals surface area contributed by atoms with Crippen LogP contribution in [0.25, 0.3) is 22.1 Å². The molecule has 0 spiro atoms. The number of amides is 1. The Bertz CT molecular complexity index is 1570. The molecule has 0 N–H and O–H groups in total. The highest BCUT2D eigenvalue weighted by molar-refractivity contribution is 7.89. The molecule has 2 aliphatic rings. The molecule has 1 saturated heterocycles. The van der Waals surface area contributed by atoms with Crippen molar-refractivity contribution in [3.05, 3.63) is 70.1 Å². The second kappa shape index (κ2) is 8.86. The van der Waals surface area contributed by atoms with Gasteiger partial charge in [0.25, 0.3) is 0 Å². The summed E-state index contributed by atoms with van der Waals surface area (Å²) in [5.74, 6) is 2.54. The average Bonchev–Trinajstić information content (AvgIpc) is 2.76. The Morgan fingerprint density at radius 3 is 2.47 bits per heavy atom. The second-order valence-electron chi connectivity index (χ2n) is 9.63. The molecule has 2 heterocycles. The minimum atomic E-state index is -3.15. The van der Waals surface area contributed by atoms with E-state index in [4.69, 9.17) is 4.42 Å². The van der Waals surface area contributed by atoms with E-state index in [2.05, 4.69) is 11.8 Å². The Labute approximate surface area is 206 Å². The van der Waals surface area contributed by atoms with Crippen LogP contribution in [0.4, 0.5) is 8.78 Å². The van der Waals surface area contributed by atoms with Crippen molar-refractivity contribution in [2.24, 2.45) is 11.8 Å². The number of fused-ring (bicyclic) bond motifs is 1. The van der Waals surface area contributed by atoms with Crippen LogP contribution < -0.4 is 5.43 Å². The SMILES string of the molecule is CS(=O)(=O)Cc1ccc(-c2coc3cc(C#CC4CN(C(=O)C5CC(F)(F)C5)C4)ccc3c2=O)cc1. The summed E-state index contributed by atoms with van der Waals surface area (Å²) >= 11 is 0. The number of carbonyl (C=O) groups excluding carboxylic acids is 1. The zero-order chi connectivity index (χ0) is 25.7. The first-order valence-electron chi connectivity index (χ1n) is 11.5. The zero-order valence-electron chi connectivity index (χ0n) is 19.5. The molecular weight excluding hydrogens is 488 g/mol. The molecule has 6 nitrogen and oxygen atoms in total. The minimum absolute atomic E-state index is 0.0229. The third kappa shape index (κ3) is 5.05. The molecule has 5 rings (SSSR count). The topological polar surface area (TPSA) is 84.7 Å². The molecule has 1 saturated carbocycles. The number of likely N-dealkylation sites (tertiary alicyclic amines) is 1. The molecule has 2 fully saturated rings. The summed E-state index contributed by atoms with van der Waals surface area (Å²) in [6.45, 7) is 0.867. The van der Waals surface area contributed by atoms with Gasteiger partial charge in [-0.3, -0.25) is 9.59 Å². The number of hydrogen-bond acceptors (Lipinski definition) is 5. The molecule has 0 atom stereocenters. The number of alkyl halides is 2. The molecule has 186 valence electrons. The van der Waals surface area contributed by atoms with Crippen molar-refractivity contribution in [2.45, 2.75) is 24.5 Å². The van der Waals surface area contributed by atoms with E-state index in [0.29, 0.717) is 46.3 Å². The van der Waals surface area contributed by atoms with Crippen LogP contribution in [0.15, 0.2) is 57.9 Å². The molecule has 1 aliphatic heterocycles. The van der Waals surface area contributed by atoms with Gasteiger partial charge in [-0.2, -0.15) is 0 Å². The number of rotatable bonds is 4. The van der Waals surface area contributed by atoms with Crippen molar-refractivity contribution in [1.82, 2.24) is 4.90 Å². The van der Waals surface area contributed by atoms with Gasteiger partial charge in [0.15, 0.2) is 15.3 Å². The van der Waals surface area contributed by atoms with Crippen molar-refractivity contribution in [3.8, 4) is 23.0 Å². The van der Waals surface area contributed by atoms with Crippen molar-refractivity contribution in [1.29, 1.82) is 0 Å². The predicted octanol–water partition coefficient (Wildman–Crippen LogP) is 3.86. The van der Waals surface area contributed by atoms with E-state index < -0.39 is 21.7 Å². The van der Waals surface area contributed by atoms with Crippen LogP contribution in [0, 0.1) is 23.7 Å². The van der Waals surface area contributed by atoms with Crippen molar-refractivity contribution < 1.29 is 26.4 Å². The van der Waals surface area contributed by atoms with E-state index in [1.54, 1.807) is 47.4 Å². The number of carbonyl (C=O) groups is 1. The monoisotopic (exact) mass is 511 g/mol. The molecule has 0 radical (unpaired) electrons. The van der Waals surface area contributed by atoms with Gasteiger partial charge in [0.2, 0.25) is 11.8 Å². The number of benzene rings is 2. The fourth-order valence-electron chi connectivity index (χ4n) is 4.52. The Morgan fingerprint density at radius 2 is 1.83 bits per heavy atom. The maximum atomic E-state index is 13.0. The van der Waals surface area contributed by atoms with Gasteiger partial charge >= 0.3 is 0 Å². The van der Waals surface area contributed by atoms with Crippen LogP contribution in [-0.2, 0) is 20.4 Å². The lowest BCUT2D eigenvalue weighted by Crippen LogP contribution is -2.55. The lowest BCUT2D eigenvalue weighted by atomic mass is 9.79. The first-order valence-corrected chi connectivity index (χ1v) is 13.5. The first-order chi connectivity index (χ1) is 17.0. The zero-order valence-corrected chi connectivity index (χ0v) is 20.3. The van der Waals surface area contributed by atoms with Gasteiger partial charge in [-0.25, -0.2) is 17.2 Å². The third-order valence-corrected chi connectivity index (χ3v) is 7.38. The number of nitrogens with zero attached hydrogens (tertiary/aromatic N) is 1. The van der Waals surface area contributed by atoms with Gasteiger partial charge in [0.05, 0.1) is 22.6 Å². The highest BCUT2D eigenvalue weighted by Crippen LogP contribution is 2.43. The maximum absolute atomic E-state index is 13.0. The normalized spacial score (nSPS) is 17.7. The first kappa shape index (κ1) is 24.2. The van der Waals surface area contributed by atoms with Crippen LogP contribution in [0.5, 0.6) is 0 Å². The van der Waals surface area contributed by atoms with E-state index in [-0.39, 0.29) is 35.8 Å². The Kier molecular flexibility index (Phi) is 5.95. The molecular formula is C27H23F2NO5S. The number of halogens is 2. The van der Waals surface area contributed by atoms with Gasteiger partial charge in [-0.15, -0.1) is 0 Å². The summed E-state index contributed by atoms with van der Waals surface area (Å²) in [4.78, 5) is 26.8. The lowest BCUT2D eigenvalue weighted by Gasteiger charge is -2.42. The summed E-state index contributed by atoms with van der Waals surface area (Å²) in [6, 6.07) is 11.8. The highest BCUT2D eigenvalue weighted by atomic mass is 32.2. The molecule has 1 aromatic heterocycles. The summed E-state index contributed by atoms with van der Waals surface area (Å²) in [7, 11) is -3.15. The summed E-state index contributed by atoms with van der Waals surface area (Å²) < 4.78 is 54.6. The van der Waals surface area contributed by atoms with Crippen LogP contribution in [-0.4, -0.2) is 44.5 Å². The number of sulfone groups is 1. The van der Waals surface area contributed by atoms with Crippen LogP contribution in [0.1, 0.15) is 24.0 Å². The second-order valence-corrected chi connectivity index (χ2v) is 11.8. The van der Waals surface area contributed by atoms with Crippen molar-refractivity contribution in [2.75, 3.05) is 19.3 Å².